The van der Waals surface area contributed by atoms with Gasteiger partial charge < -0.3 is 25.7 Å². The van der Waals surface area contributed by atoms with Crippen LogP contribution >= 0.6 is 0 Å². The Hall–Kier alpha value is -1.73. The summed E-state index contributed by atoms with van der Waals surface area (Å²) in [6.45, 7) is 4.03. The van der Waals surface area contributed by atoms with Crippen molar-refractivity contribution in [2.24, 2.45) is 0 Å². The van der Waals surface area contributed by atoms with Crippen molar-refractivity contribution in [3.05, 3.63) is 48.6 Å². The van der Waals surface area contributed by atoms with Gasteiger partial charge in [0.05, 0.1) is 18.8 Å². The molecule has 0 aliphatic heterocycles. The number of unbranched alkanes of at least 4 members (excludes halogenated alkanes) is 35. The second-order valence-electron chi connectivity index (χ2n) is 19.6. The summed E-state index contributed by atoms with van der Waals surface area (Å²) >= 11 is 0. The zero-order valence-electron chi connectivity index (χ0n) is 43.2. The molecule has 4 unspecified atom stereocenters. The molecule has 0 aromatic carbocycles. The number of hydrogen-bond donors (Lipinski definition) is 5. The first-order valence-electron chi connectivity index (χ1n) is 28.5. The smallest absolute Gasteiger partial charge is 0.249 e. The van der Waals surface area contributed by atoms with E-state index in [2.05, 4.69) is 67.8 Å². The van der Waals surface area contributed by atoms with E-state index in [4.69, 9.17) is 0 Å². The van der Waals surface area contributed by atoms with Crippen molar-refractivity contribution >= 4 is 5.91 Å². The third-order valence-corrected chi connectivity index (χ3v) is 13.2. The van der Waals surface area contributed by atoms with Crippen LogP contribution in [0.4, 0.5) is 0 Å². The van der Waals surface area contributed by atoms with E-state index in [0.717, 1.165) is 51.4 Å². The highest BCUT2D eigenvalue weighted by Crippen LogP contribution is 2.17. The molecule has 65 heavy (non-hydrogen) atoms. The Labute approximate surface area is 404 Å². The Morgan fingerprint density at radius 3 is 1.08 bits per heavy atom. The Balaban J connectivity index is 3.57. The lowest BCUT2D eigenvalue weighted by Gasteiger charge is -2.27. The van der Waals surface area contributed by atoms with E-state index in [0.29, 0.717) is 19.3 Å². The number of rotatable bonds is 52. The first-order chi connectivity index (χ1) is 32.0. The molecular weight excluding hydrogens is 803 g/mol. The average Bonchev–Trinajstić information content (AvgIpc) is 3.31. The van der Waals surface area contributed by atoms with Crippen molar-refractivity contribution in [2.75, 3.05) is 6.61 Å². The largest absolute Gasteiger partial charge is 0.394 e. The van der Waals surface area contributed by atoms with Gasteiger partial charge in [-0.2, -0.15) is 0 Å². The molecule has 5 N–H and O–H groups in total. The molecule has 1 amide bonds. The van der Waals surface area contributed by atoms with E-state index >= 15 is 0 Å². The Kier molecular flexibility index (Phi) is 51.8. The van der Waals surface area contributed by atoms with Gasteiger partial charge in [-0.15, -0.1) is 0 Å². The predicted octanol–water partition coefficient (Wildman–Crippen LogP) is 16.6. The summed E-state index contributed by atoms with van der Waals surface area (Å²) in [7, 11) is 0. The van der Waals surface area contributed by atoms with Crippen LogP contribution in [0.2, 0.25) is 0 Å². The zero-order chi connectivity index (χ0) is 47.4. The fourth-order valence-electron chi connectivity index (χ4n) is 8.75. The SMILES string of the molecule is CCCCCC/C=C/CC/C=C/CCCC(O)C(O)C(CO)NC(=O)C(O)CCCCCCCCCCCCCCCCCC/C=C\C/C=C\CCCCCCCCCCCCCCC. The van der Waals surface area contributed by atoms with Crippen LogP contribution in [0, 0.1) is 0 Å². The summed E-state index contributed by atoms with van der Waals surface area (Å²) in [6, 6.07) is -1.01. The number of amides is 1. The van der Waals surface area contributed by atoms with Gasteiger partial charge in [0.15, 0.2) is 0 Å². The standard InChI is InChI=1S/C59H111NO5/c1-3-5-7-9-11-13-15-17-18-19-20-21-22-23-24-25-26-27-28-29-30-31-32-33-34-35-36-37-38-39-41-43-45-47-49-51-53-57(63)59(65)60-55(54-61)58(64)56(62)52-50-48-46-44-42-40-16-14-12-10-8-6-4-2/h14,16,24-25,27-28,44,46,55-58,61-64H,3-13,15,17-23,26,29-43,45,47-54H2,1-2H3,(H,60,65)/b16-14+,25-24-,28-27-,46-44+. The minimum absolute atomic E-state index is 0.360. The van der Waals surface area contributed by atoms with Gasteiger partial charge in [-0.1, -0.05) is 255 Å². The van der Waals surface area contributed by atoms with Gasteiger partial charge >= 0.3 is 0 Å². The van der Waals surface area contributed by atoms with Crippen LogP contribution in [-0.2, 0) is 4.79 Å². The first kappa shape index (κ1) is 63.3. The molecule has 6 nitrogen and oxygen atoms in total. The quantitative estimate of drug-likeness (QED) is 0.0308. The Morgan fingerprint density at radius 1 is 0.385 bits per heavy atom. The summed E-state index contributed by atoms with van der Waals surface area (Å²) < 4.78 is 0. The zero-order valence-corrected chi connectivity index (χ0v) is 43.2. The van der Waals surface area contributed by atoms with Crippen molar-refractivity contribution in [3.8, 4) is 0 Å². The number of allylic oxidation sites excluding steroid dienone is 8. The van der Waals surface area contributed by atoms with Crippen LogP contribution in [0.25, 0.3) is 0 Å². The van der Waals surface area contributed by atoms with E-state index in [1.165, 1.54) is 205 Å². The van der Waals surface area contributed by atoms with Gasteiger partial charge in [0.25, 0.3) is 0 Å². The van der Waals surface area contributed by atoms with Crippen LogP contribution in [0.15, 0.2) is 48.6 Å². The van der Waals surface area contributed by atoms with Crippen LogP contribution in [0.5, 0.6) is 0 Å². The molecular formula is C59H111NO5. The second kappa shape index (κ2) is 53.2. The van der Waals surface area contributed by atoms with Crippen molar-refractivity contribution < 1.29 is 25.2 Å². The summed E-state index contributed by atoms with van der Waals surface area (Å²) in [6.07, 6.45) is 67.8. The maximum Gasteiger partial charge on any atom is 0.249 e. The van der Waals surface area contributed by atoms with Crippen molar-refractivity contribution in [3.63, 3.8) is 0 Å². The number of aliphatic hydroxyl groups is 4. The number of carbonyl (C=O) groups is 1. The third-order valence-electron chi connectivity index (χ3n) is 13.2. The third kappa shape index (κ3) is 47.1. The van der Waals surface area contributed by atoms with Gasteiger partial charge in [-0.05, 0) is 83.5 Å². The van der Waals surface area contributed by atoms with Crippen LogP contribution in [-0.4, -0.2) is 57.3 Å². The van der Waals surface area contributed by atoms with E-state index in [9.17, 15) is 25.2 Å². The molecule has 0 aromatic rings. The van der Waals surface area contributed by atoms with Gasteiger partial charge in [-0.25, -0.2) is 0 Å². The lowest BCUT2D eigenvalue weighted by molar-refractivity contribution is -0.132. The van der Waals surface area contributed by atoms with Crippen LogP contribution in [0.1, 0.15) is 290 Å². The Morgan fingerprint density at radius 2 is 0.692 bits per heavy atom. The van der Waals surface area contributed by atoms with E-state index in [1.807, 2.05) is 0 Å². The molecule has 0 aliphatic rings. The normalized spacial score (nSPS) is 14.1. The van der Waals surface area contributed by atoms with E-state index in [-0.39, 0.29) is 0 Å². The van der Waals surface area contributed by atoms with Gasteiger partial charge in [0.1, 0.15) is 12.2 Å². The molecule has 0 aromatic heterocycles. The average molecular weight is 915 g/mol. The molecule has 0 spiro atoms. The Bertz CT molecular complexity index is 1070. The topological polar surface area (TPSA) is 110 Å². The van der Waals surface area contributed by atoms with Crippen LogP contribution in [0.3, 0.4) is 0 Å². The molecule has 6 heteroatoms. The fraction of sp³-hybridized carbons (Fsp3) is 0.847. The van der Waals surface area contributed by atoms with Crippen molar-refractivity contribution in [1.82, 2.24) is 5.32 Å². The minimum Gasteiger partial charge on any atom is -0.394 e. The van der Waals surface area contributed by atoms with Crippen molar-refractivity contribution in [1.29, 1.82) is 0 Å². The predicted molar refractivity (Wildman–Crippen MR) is 283 cm³/mol. The summed E-state index contributed by atoms with van der Waals surface area (Å²) in [5, 5.41) is 43.8. The molecule has 0 radical (unpaired) electrons. The molecule has 0 aliphatic carbocycles. The molecule has 0 fully saturated rings. The van der Waals surface area contributed by atoms with Crippen molar-refractivity contribution in [2.45, 2.75) is 314 Å². The molecule has 0 saturated heterocycles. The number of aliphatic hydroxyl groups excluding tert-OH is 4. The molecule has 0 heterocycles. The van der Waals surface area contributed by atoms with Crippen LogP contribution < -0.4 is 5.32 Å². The summed E-state index contributed by atoms with van der Waals surface area (Å²) in [5.74, 6) is -0.597. The molecule has 0 bridgehead atoms. The lowest BCUT2D eigenvalue weighted by Crippen LogP contribution is -2.53. The highest BCUT2D eigenvalue weighted by molar-refractivity contribution is 5.80. The maximum absolute atomic E-state index is 12.6. The first-order valence-corrected chi connectivity index (χ1v) is 28.5. The van der Waals surface area contributed by atoms with E-state index in [1.54, 1.807) is 0 Å². The number of carbonyl (C=O) groups excluding carboxylic acids is 1. The van der Waals surface area contributed by atoms with Gasteiger partial charge in [0.2, 0.25) is 5.91 Å². The minimum atomic E-state index is -1.29. The van der Waals surface area contributed by atoms with Gasteiger partial charge in [0, 0.05) is 0 Å². The highest BCUT2D eigenvalue weighted by Gasteiger charge is 2.28. The molecule has 0 rings (SSSR count). The fourth-order valence-corrected chi connectivity index (χ4v) is 8.75. The molecule has 382 valence electrons. The van der Waals surface area contributed by atoms with E-state index < -0.39 is 36.9 Å². The summed E-state index contributed by atoms with van der Waals surface area (Å²) in [5.41, 5.74) is 0. The highest BCUT2D eigenvalue weighted by atomic mass is 16.3. The number of nitrogens with one attached hydrogen (secondary N) is 1. The van der Waals surface area contributed by atoms with Gasteiger partial charge in [-0.3, -0.25) is 4.79 Å². The summed E-state index contributed by atoms with van der Waals surface area (Å²) in [4.78, 5) is 12.6. The number of hydrogen-bond acceptors (Lipinski definition) is 5. The molecule has 4 atom stereocenters. The monoisotopic (exact) mass is 914 g/mol. The maximum atomic E-state index is 12.6. The molecule has 0 saturated carbocycles. The second-order valence-corrected chi connectivity index (χ2v) is 19.6. The lowest BCUT2D eigenvalue weighted by atomic mass is 10.00.